The van der Waals surface area contributed by atoms with E-state index in [1.165, 1.54) is 140 Å². The van der Waals surface area contributed by atoms with E-state index in [4.69, 9.17) is 0 Å². The molecule has 0 saturated heterocycles. The van der Waals surface area contributed by atoms with Crippen molar-refractivity contribution in [3.63, 3.8) is 0 Å². The van der Waals surface area contributed by atoms with Gasteiger partial charge in [0.25, 0.3) is 6.71 Å². The lowest BCUT2D eigenvalue weighted by atomic mass is 9.33. The van der Waals surface area contributed by atoms with Crippen molar-refractivity contribution < 1.29 is 0 Å². The maximum absolute atomic E-state index is 2.68. The van der Waals surface area contributed by atoms with Gasteiger partial charge in [0.2, 0.25) is 0 Å². The number of hydrogen-bond acceptors (Lipinski definition) is 2. The molecule has 2 heterocycles. The van der Waals surface area contributed by atoms with Gasteiger partial charge in [-0.2, -0.15) is 0 Å². The first-order valence-electron chi connectivity index (χ1n) is 28.3. The fourth-order valence-corrected chi connectivity index (χ4v) is 15.1. The quantitative estimate of drug-likeness (QED) is 0.162. The Labute approximate surface area is 453 Å². The van der Waals surface area contributed by atoms with Crippen LogP contribution in [0.1, 0.15) is 152 Å². The Kier molecular flexibility index (Phi) is 9.96. The fraction of sp³-hybridized carbons (Fsp3) is 0.288. The highest BCUT2D eigenvalue weighted by Gasteiger charge is 2.47. The molecule has 0 aromatic heterocycles. The van der Waals surface area contributed by atoms with Crippen LogP contribution in [0.25, 0.3) is 33.4 Å². The Hall–Kier alpha value is -7.10. The maximum Gasteiger partial charge on any atom is 0.252 e. The number of hydrogen-bond donors (Lipinski definition) is 0. The molecule has 3 heteroatoms. The van der Waals surface area contributed by atoms with Gasteiger partial charge in [-0.15, -0.1) is 0 Å². The largest absolute Gasteiger partial charge is 0.311 e. The average molecular weight is 987 g/mol. The summed E-state index contributed by atoms with van der Waals surface area (Å²) in [7, 11) is 0. The van der Waals surface area contributed by atoms with Gasteiger partial charge in [0.05, 0.1) is 0 Å². The molecule has 0 radical (unpaired) electrons. The molecule has 0 saturated carbocycles. The first-order chi connectivity index (χ1) is 36.2. The van der Waals surface area contributed by atoms with Gasteiger partial charge in [-0.05, 0) is 197 Å². The molecule has 4 aliphatic carbocycles. The Morgan fingerprint density at radius 2 is 1.03 bits per heavy atom. The van der Waals surface area contributed by atoms with E-state index in [2.05, 4.69) is 257 Å². The average Bonchev–Trinajstić information content (AvgIpc) is 3.92. The molecular formula is C73H71BN2. The van der Waals surface area contributed by atoms with Crippen molar-refractivity contribution in [3.05, 3.63) is 219 Å². The summed E-state index contributed by atoms with van der Waals surface area (Å²) < 4.78 is 0. The van der Waals surface area contributed by atoms with E-state index in [0.29, 0.717) is 0 Å². The van der Waals surface area contributed by atoms with Crippen LogP contribution in [0.5, 0.6) is 0 Å². The highest BCUT2D eigenvalue weighted by atomic mass is 15.2. The summed E-state index contributed by atoms with van der Waals surface area (Å²) in [5.41, 5.74) is 34.0. The van der Waals surface area contributed by atoms with Gasteiger partial charge >= 0.3 is 0 Å². The van der Waals surface area contributed by atoms with Gasteiger partial charge in [-0.3, -0.25) is 0 Å². The lowest BCUT2D eigenvalue weighted by molar-refractivity contribution is 0.332. The summed E-state index contributed by atoms with van der Waals surface area (Å²) in [4.78, 5) is 5.25. The molecule has 0 atom stereocenters. The smallest absolute Gasteiger partial charge is 0.252 e. The molecule has 0 bridgehead atoms. The molecule has 0 unspecified atom stereocenters. The standard InChI is InChI=1S/C73H71BN2/c1-44-39-64-68-65(40-44)76(49-34-29-46(30-35-49)51-22-18-26-57-67(51)53-20-14-16-24-55(53)73(57,11)12)63-43-59-58(70(5,6)37-38-71(59,7)8)42-61(63)74(68)60-41-47(69(2,3)4)31-36-62(60)75(64)48-32-27-45(28-33-48)50-21-17-25-56-66(50)52-19-13-15-23-54(52)72(56,9)10/h13-16,18-24,26-36,39-43H,17,25,37-38H2,1-12H3. The molecule has 8 aromatic rings. The van der Waals surface area contributed by atoms with E-state index >= 15 is 0 Å². The van der Waals surface area contributed by atoms with Crippen molar-refractivity contribution in [1.29, 1.82) is 0 Å². The summed E-state index contributed by atoms with van der Waals surface area (Å²) in [6.07, 6.45) is 7.02. The predicted octanol–water partition coefficient (Wildman–Crippen LogP) is 17.6. The molecular weight excluding hydrogens is 916 g/mol. The van der Waals surface area contributed by atoms with Crippen molar-refractivity contribution in [3.8, 4) is 22.3 Å². The summed E-state index contributed by atoms with van der Waals surface area (Å²) in [6.45, 7) is 29.0. The summed E-state index contributed by atoms with van der Waals surface area (Å²) in [6, 6.07) is 62.0. The number of nitrogens with zero attached hydrogens (tertiary/aromatic N) is 2. The van der Waals surface area contributed by atoms with Gasteiger partial charge < -0.3 is 9.80 Å². The molecule has 2 nitrogen and oxygen atoms in total. The third-order valence-corrected chi connectivity index (χ3v) is 19.5. The van der Waals surface area contributed by atoms with Crippen LogP contribution in [0.15, 0.2) is 169 Å². The lowest BCUT2D eigenvalue weighted by Gasteiger charge is -2.47. The molecule has 8 aromatic carbocycles. The minimum absolute atomic E-state index is 0.0294. The van der Waals surface area contributed by atoms with Crippen molar-refractivity contribution in [2.45, 2.75) is 136 Å². The van der Waals surface area contributed by atoms with Crippen LogP contribution in [0, 0.1) is 6.92 Å². The maximum atomic E-state index is 2.68. The second-order valence-corrected chi connectivity index (χ2v) is 26.7. The Morgan fingerprint density at radius 1 is 0.474 bits per heavy atom. The third kappa shape index (κ3) is 6.66. The van der Waals surface area contributed by atoms with Gasteiger partial charge in [0.15, 0.2) is 0 Å². The monoisotopic (exact) mass is 987 g/mol. The zero-order valence-corrected chi connectivity index (χ0v) is 46.9. The highest BCUT2D eigenvalue weighted by Crippen LogP contribution is 2.56. The number of aryl methyl sites for hydroxylation is 1. The first-order valence-corrected chi connectivity index (χ1v) is 28.3. The van der Waals surface area contributed by atoms with E-state index in [0.717, 1.165) is 19.3 Å². The second-order valence-electron chi connectivity index (χ2n) is 26.7. The summed E-state index contributed by atoms with van der Waals surface area (Å²) >= 11 is 0. The summed E-state index contributed by atoms with van der Waals surface area (Å²) in [5, 5.41) is 0. The van der Waals surface area contributed by atoms with Crippen LogP contribution in [0.2, 0.25) is 0 Å². The Bertz CT molecular complexity index is 3870. The predicted molar refractivity (Wildman–Crippen MR) is 326 cm³/mol. The van der Waals surface area contributed by atoms with Crippen molar-refractivity contribution in [2.75, 3.05) is 9.80 Å². The molecule has 0 amide bonds. The SMILES string of the molecule is Cc1cc2c3c(c1)N(c1ccc(-c4cccc5c4-c4ccccc4C5(C)C)cc1)c1cc4c(cc1B3c1cc(C(C)(C)C)ccc1N2c1ccc(C2=CCCC3=C2c2ccccc2C3(C)C)cc1)C(C)(C)CCC4(C)C. The Balaban J connectivity index is 0.970. The van der Waals surface area contributed by atoms with Gasteiger partial charge in [0, 0.05) is 45.0 Å². The molecule has 0 spiro atoms. The van der Waals surface area contributed by atoms with Gasteiger partial charge in [-0.25, -0.2) is 0 Å². The molecule has 0 fully saturated rings. The fourth-order valence-electron chi connectivity index (χ4n) is 15.1. The minimum atomic E-state index is -0.0570. The topological polar surface area (TPSA) is 6.48 Å². The molecule has 376 valence electrons. The van der Waals surface area contributed by atoms with Crippen molar-refractivity contribution in [1.82, 2.24) is 0 Å². The lowest BCUT2D eigenvalue weighted by Crippen LogP contribution is -2.62. The van der Waals surface area contributed by atoms with Gasteiger partial charge in [0.1, 0.15) is 0 Å². The number of rotatable bonds is 4. The third-order valence-electron chi connectivity index (χ3n) is 19.5. The molecule has 76 heavy (non-hydrogen) atoms. The summed E-state index contributed by atoms with van der Waals surface area (Å²) in [5.74, 6) is 0. The zero-order valence-electron chi connectivity index (χ0n) is 46.9. The number of allylic oxidation sites excluding steroid dienone is 4. The highest BCUT2D eigenvalue weighted by molar-refractivity contribution is 7.00. The first kappa shape index (κ1) is 47.4. The van der Waals surface area contributed by atoms with E-state index in [9.17, 15) is 0 Å². The van der Waals surface area contributed by atoms with Crippen LogP contribution >= 0.6 is 0 Å². The second kappa shape index (κ2) is 16.0. The van der Waals surface area contributed by atoms with E-state index < -0.39 is 0 Å². The normalized spacial score (nSPS) is 18.4. The molecule has 2 aliphatic heterocycles. The minimum Gasteiger partial charge on any atom is -0.311 e. The Morgan fingerprint density at radius 3 is 1.68 bits per heavy atom. The van der Waals surface area contributed by atoms with Crippen LogP contribution in [-0.4, -0.2) is 6.71 Å². The van der Waals surface area contributed by atoms with Crippen LogP contribution in [0.3, 0.4) is 0 Å². The molecule has 14 rings (SSSR count). The van der Waals surface area contributed by atoms with Crippen LogP contribution in [0.4, 0.5) is 34.1 Å². The van der Waals surface area contributed by atoms with Gasteiger partial charge in [-0.1, -0.05) is 197 Å². The molecule has 0 N–H and O–H groups in total. The van der Waals surface area contributed by atoms with Crippen LogP contribution in [-0.2, 0) is 27.1 Å². The van der Waals surface area contributed by atoms with E-state index in [-0.39, 0.29) is 33.8 Å². The number of fused-ring (bicyclic) bond motifs is 10. The van der Waals surface area contributed by atoms with E-state index in [1.807, 2.05) is 0 Å². The number of benzene rings is 8. The molecule has 6 aliphatic rings. The zero-order chi connectivity index (χ0) is 52.6. The van der Waals surface area contributed by atoms with Crippen LogP contribution < -0.4 is 26.2 Å². The number of anilines is 6. The van der Waals surface area contributed by atoms with Crippen molar-refractivity contribution in [2.24, 2.45) is 0 Å². The van der Waals surface area contributed by atoms with Crippen molar-refractivity contribution >= 4 is 68.4 Å². The van der Waals surface area contributed by atoms with E-state index in [1.54, 1.807) is 5.57 Å².